The summed E-state index contributed by atoms with van der Waals surface area (Å²) in [5.74, 6) is 3.16. The largest absolute Gasteiger partial charge is 0.0683 e. The summed E-state index contributed by atoms with van der Waals surface area (Å²) >= 11 is 0. The smallest absolute Gasteiger partial charge is 0.0236 e. The van der Waals surface area contributed by atoms with E-state index in [0.717, 1.165) is 17.8 Å². The van der Waals surface area contributed by atoms with E-state index in [4.69, 9.17) is 0 Å². The summed E-state index contributed by atoms with van der Waals surface area (Å²) < 4.78 is 0. The molecule has 22 heavy (non-hydrogen) atoms. The van der Waals surface area contributed by atoms with Gasteiger partial charge < -0.3 is 0 Å². The average molecular weight is 305 g/mol. The van der Waals surface area contributed by atoms with Crippen LogP contribution in [-0.4, -0.2) is 0 Å². The Morgan fingerprint density at radius 1 is 0.591 bits per heavy atom. The summed E-state index contributed by atoms with van der Waals surface area (Å²) in [6, 6.07) is 0. The molecule has 0 heteroatoms. The maximum atomic E-state index is 2.73. The molecule has 4 fully saturated rings. The summed E-state index contributed by atoms with van der Waals surface area (Å²) in [6.07, 6.45) is 16.9. The van der Waals surface area contributed by atoms with Gasteiger partial charge in [0.2, 0.25) is 0 Å². The normalized spacial score (nSPS) is 53.6. The van der Waals surface area contributed by atoms with Crippen molar-refractivity contribution in [3.63, 3.8) is 0 Å². The molecule has 0 spiro atoms. The van der Waals surface area contributed by atoms with Gasteiger partial charge in [-0.2, -0.15) is 0 Å². The lowest BCUT2D eigenvalue weighted by Crippen LogP contribution is -2.59. The molecule has 0 heterocycles. The highest BCUT2D eigenvalue weighted by Gasteiger charge is 2.64. The SMILES string of the molecule is CC.C[C@]12CCCCC1CC[C@]1(C)[C@@H]2CC[C@@H]2CCC[C@]21C. The highest BCUT2D eigenvalue weighted by molar-refractivity contribution is 5.13. The molecule has 0 saturated heterocycles. The number of hydrogen-bond acceptors (Lipinski definition) is 0. The van der Waals surface area contributed by atoms with Crippen molar-refractivity contribution in [3.05, 3.63) is 0 Å². The second-order valence-corrected chi connectivity index (χ2v) is 9.54. The Hall–Kier alpha value is 0. The summed E-state index contributed by atoms with van der Waals surface area (Å²) in [5, 5.41) is 0. The van der Waals surface area contributed by atoms with Gasteiger partial charge in [0.25, 0.3) is 0 Å². The molecular weight excluding hydrogens is 264 g/mol. The monoisotopic (exact) mass is 304 g/mol. The zero-order chi connectivity index (χ0) is 16.0. The summed E-state index contributed by atoms with van der Waals surface area (Å²) in [7, 11) is 0. The quantitative estimate of drug-likeness (QED) is 0.443. The first-order chi connectivity index (χ1) is 10.5. The Morgan fingerprint density at radius 2 is 1.32 bits per heavy atom. The van der Waals surface area contributed by atoms with Gasteiger partial charge in [-0.15, -0.1) is 0 Å². The van der Waals surface area contributed by atoms with Gasteiger partial charge >= 0.3 is 0 Å². The fourth-order valence-electron chi connectivity index (χ4n) is 7.89. The third kappa shape index (κ3) is 2.07. The van der Waals surface area contributed by atoms with Crippen LogP contribution in [0.3, 0.4) is 0 Å². The highest BCUT2D eigenvalue weighted by atomic mass is 14.7. The van der Waals surface area contributed by atoms with Crippen molar-refractivity contribution < 1.29 is 0 Å². The zero-order valence-corrected chi connectivity index (χ0v) is 16.0. The number of fused-ring (bicyclic) bond motifs is 5. The lowest BCUT2D eigenvalue weighted by Gasteiger charge is -2.67. The Morgan fingerprint density at radius 3 is 2.09 bits per heavy atom. The Labute approximate surface area is 139 Å². The van der Waals surface area contributed by atoms with E-state index in [1.54, 1.807) is 44.9 Å². The van der Waals surface area contributed by atoms with Crippen LogP contribution in [0.2, 0.25) is 0 Å². The molecule has 0 amide bonds. The second kappa shape index (κ2) is 5.82. The molecule has 0 aromatic rings. The topological polar surface area (TPSA) is 0 Å². The molecule has 6 atom stereocenters. The van der Waals surface area contributed by atoms with Crippen molar-refractivity contribution in [2.24, 2.45) is 34.0 Å². The molecule has 0 N–H and O–H groups in total. The highest BCUT2D eigenvalue weighted by Crippen LogP contribution is 2.72. The number of rotatable bonds is 0. The summed E-state index contributed by atoms with van der Waals surface area (Å²) in [4.78, 5) is 0. The Balaban J connectivity index is 0.000000693. The fraction of sp³-hybridized carbons (Fsp3) is 1.00. The second-order valence-electron chi connectivity index (χ2n) is 9.54. The molecule has 0 radical (unpaired) electrons. The molecule has 128 valence electrons. The molecule has 4 saturated carbocycles. The van der Waals surface area contributed by atoms with Gasteiger partial charge in [-0.25, -0.2) is 0 Å². The van der Waals surface area contributed by atoms with Crippen molar-refractivity contribution in [2.45, 2.75) is 105 Å². The van der Waals surface area contributed by atoms with E-state index < -0.39 is 0 Å². The minimum absolute atomic E-state index is 0.662. The molecule has 4 aliphatic rings. The van der Waals surface area contributed by atoms with Crippen LogP contribution in [0, 0.1) is 34.0 Å². The molecule has 0 aliphatic heterocycles. The van der Waals surface area contributed by atoms with Gasteiger partial charge in [-0.3, -0.25) is 0 Å². The third-order valence-corrected chi connectivity index (χ3v) is 9.29. The summed E-state index contributed by atoms with van der Waals surface area (Å²) in [6.45, 7) is 12.1. The maximum Gasteiger partial charge on any atom is -0.0236 e. The van der Waals surface area contributed by atoms with E-state index in [-0.39, 0.29) is 0 Å². The van der Waals surface area contributed by atoms with Crippen LogP contribution < -0.4 is 0 Å². The van der Waals surface area contributed by atoms with E-state index in [0.29, 0.717) is 16.2 Å². The molecule has 4 aliphatic carbocycles. The predicted molar refractivity (Wildman–Crippen MR) is 96.9 cm³/mol. The van der Waals surface area contributed by atoms with Crippen LogP contribution in [-0.2, 0) is 0 Å². The van der Waals surface area contributed by atoms with Gasteiger partial charge in [0.15, 0.2) is 0 Å². The van der Waals surface area contributed by atoms with Crippen LogP contribution in [0.4, 0.5) is 0 Å². The molecule has 0 nitrogen and oxygen atoms in total. The van der Waals surface area contributed by atoms with Gasteiger partial charge in [-0.1, -0.05) is 53.9 Å². The lowest BCUT2D eigenvalue weighted by molar-refractivity contribution is -0.176. The molecule has 0 aromatic carbocycles. The van der Waals surface area contributed by atoms with E-state index in [1.165, 1.54) is 25.7 Å². The maximum absolute atomic E-state index is 2.73. The van der Waals surface area contributed by atoms with Crippen LogP contribution in [0.1, 0.15) is 105 Å². The van der Waals surface area contributed by atoms with Crippen molar-refractivity contribution >= 4 is 0 Å². The van der Waals surface area contributed by atoms with Gasteiger partial charge in [0.05, 0.1) is 0 Å². The molecular formula is C22H40. The first-order valence-electron chi connectivity index (χ1n) is 10.5. The molecule has 0 aromatic heterocycles. The van der Waals surface area contributed by atoms with Crippen LogP contribution in [0.25, 0.3) is 0 Å². The van der Waals surface area contributed by atoms with Crippen molar-refractivity contribution in [3.8, 4) is 0 Å². The van der Waals surface area contributed by atoms with E-state index >= 15 is 0 Å². The fourth-order valence-corrected chi connectivity index (χ4v) is 7.89. The van der Waals surface area contributed by atoms with Crippen molar-refractivity contribution in [1.29, 1.82) is 0 Å². The third-order valence-electron chi connectivity index (χ3n) is 9.29. The van der Waals surface area contributed by atoms with Gasteiger partial charge in [0, 0.05) is 0 Å². The van der Waals surface area contributed by atoms with Crippen LogP contribution in [0.15, 0.2) is 0 Å². The molecule has 1 unspecified atom stereocenters. The van der Waals surface area contributed by atoms with E-state index in [1.807, 2.05) is 13.8 Å². The van der Waals surface area contributed by atoms with Gasteiger partial charge in [0.1, 0.15) is 0 Å². The van der Waals surface area contributed by atoms with Crippen molar-refractivity contribution in [1.82, 2.24) is 0 Å². The minimum Gasteiger partial charge on any atom is -0.0683 e. The predicted octanol–water partition coefficient (Wildman–Crippen LogP) is 7.23. The summed E-state index contributed by atoms with van der Waals surface area (Å²) in [5.41, 5.74) is 2.04. The number of hydrogen-bond donors (Lipinski definition) is 0. The molecule has 4 rings (SSSR count). The zero-order valence-electron chi connectivity index (χ0n) is 16.0. The Kier molecular flexibility index (Phi) is 4.45. The Bertz CT molecular complexity index is 399. The van der Waals surface area contributed by atoms with Crippen LogP contribution >= 0.6 is 0 Å². The average Bonchev–Trinajstić information content (AvgIpc) is 2.92. The molecule has 0 bridgehead atoms. The van der Waals surface area contributed by atoms with E-state index in [2.05, 4.69) is 20.8 Å². The van der Waals surface area contributed by atoms with Crippen LogP contribution in [0.5, 0.6) is 0 Å². The first kappa shape index (κ1) is 16.8. The van der Waals surface area contributed by atoms with Crippen molar-refractivity contribution in [2.75, 3.05) is 0 Å². The standard InChI is InChI=1S/C20H34.C2H6/c1-18-12-5-4-7-15(18)11-14-20(3)17(18)10-9-16-8-6-13-19(16,20)2;1-2/h15-17H,4-14H2,1-3H3;1-2H3/t15?,16-,17+,18-,19+,20+;/m0./s1. The first-order valence-corrected chi connectivity index (χ1v) is 10.5. The minimum atomic E-state index is 0.662. The van der Waals surface area contributed by atoms with Gasteiger partial charge in [-0.05, 0) is 85.4 Å². The lowest BCUT2D eigenvalue weighted by atomic mass is 9.38. The van der Waals surface area contributed by atoms with E-state index in [9.17, 15) is 0 Å².